The SMILES string of the molecule is COC(=O)c1ccc2sc(P(=O)(OC3c4ccccc4Oc4ccccc43)c3cccc4cc5ccccc5cc34)nc2c1. The second-order valence-electron chi connectivity index (χ2n) is 10.6. The predicted octanol–water partition coefficient (Wildman–Crippen LogP) is 8.53. The molecule has 0 amide bonds. The highest BCUT2D eigenvalue weighted by Crippen LogP contribution is 2.56. The zero-order chi connectivity index (χ0) is 29.8. The highest BCUT2D eigenvalue weighted by Gasteiger charge is 2.40. The molecule has 44 heavy (non-hydrogen) atoms. The highest BCUT2D eigenvalue weighted by atomic mass is 32.1. The van der Waals surface area contributed by atoms with E-state index in [0.29, 0.717) is 32.6 Å². The fourth-order valence-corrected chi connectivity index (χ4v) is 9.68. The highest BCUT2D eigenvalue weighted by molar-refractivity contribution is 7.79. The van der Waals surface area contributed by atoms with Gasteiger partial charge in [-0.2, -0.15) is 0 Å². The van der Waals surface area contributed by atoms with Crippen LogP contribution in [-0.2, 0) is 13.8 Å². The van der Waals surface area contributed by atoms with Crippen molar-refractivity contribution in [1.82, 2.24) is 4.98 Å². The third-order valence-electron chi connectivity index (χ3n) is 7.97. The molecule has 0 saturated heterocycles. The lowest BCUT2D eigenvalue weighted by Crippen LogP contribution is -2.22. The van der Waals surface area contributed by atoms with Gasteiger partial charge < -0.3 is 14.0 Å². The van der Waals surface area contributed by atoms with Crippen molar-refractivity contribution >= 4 is 66.5 Å². The summed E-state index contributed by atoms with van der Waals surface area (Å²) in [5.74, 6) is 0.842. The number of rotatable bonds is 5. The van der Waals surface area contributed by atoms with Gasteiger partial charge in [0.1, 0.15) is 17.6 Å². The van der Waals surface area contributed by atoms with Gasteiger partial charge in [-0.3, -0.25) is 4.57 Å². The first-order chi connectivity index (χ1) is 21.5. The van der Waals surface area contributed by atoms with Gasteiger partial charge in [-0.25, -0.2) is 9.78 Å². The van der Waals surface area contributed by atoms with Crippen LogP contribution in [0.4, 0.5) is 0 Å². The smallest absolute Gasteiger partial charge is 0.337 e. The first-order valence-electron chi connectivity index (χ1n) is 14.1. The molecule has 0 aliphatic carbocycles. The van der Waals surface area contributed by atoms with E-state index in [1.54, 1.807) is 12.1 Å². The first kappa shape index (κ1) is 26.8. The molecule has 0 N–H and O–H groups in total. The summed E-state index contributed by atoms with van der Waals surface area (Å²) in [7, 11) is -2.57. The average molecular weight is 614 g/mol. The Morgan fingerprint density at radius 1 is 0.773 bits per heavy atom. The molecule has 0 bridgehead atoms. The Morgan fingerprint density at radius 3 is 2.16 bits per heavy atom. The number of hydrogen-bond donors (Lipinski definition) is 0. The van der Waals surface area contributed by atoms with Gasteiger partial charge in [0.15, 0.2) is 4.75 Å². The Balaban J connectivity index is 1.38. The minimum absolute atomic E-state index is 0.344. The van der Waals surface area contributed by atoms with Crippen LogP contribution in [0.5, 0.6) is 11.5 Å². The van der Waals surface area contributed by atoms with Crippen molar-refractivity contribution in [2.24, 2.45) is 0 Å². The summed E-state index contributed by atoms with van der Waals surface area (Å²) in [5, 5.41) is 4.47. The van der Waals surface area contributed by atoms with Gasteiger partial charge in [0.2, 0.25) is 0 Å². The maximum atomic E-state index is 15.9. The number of fused-ring (bicyclic) bond motifs is 5. The van der Waals surface area contributed by atoms with E-state index >= 15 is 4.57 Å². The topological polar surface area (TPSA) is 74.7 Å². The van der Waals surface area contributed by atoms with Gasteiger partial charge in [0, 0.05) is 11.1 Å². The molecule has 0 fully saturated rings. The molecule has 8 rings (SSSR count). The van der Waals surface area contributed by atoms with Crippen LogP contribution >= 0.6 is 18.7 Å². The largest absolute Gasteiger partial charge is 0.465 e. The quantitative estimate of drug-likeness (QED) is 0.110. The number of carbonyl (C=O) groups is 1. The maximum absolute atomic E-state index is 15.9. The van der Waals surface area contributed by atoms with Crippen LogP contribution in [-0.4, -0.2) is 18.1 Å². The Kier molecular flexibility index (Phi) is 6.35. The van der Waals surface area contributed by atoms with Gasteiger partial charge in [0.25, 0.3) is 7.37 Å². The molecule has 6 aromatic carbocycles. The van der Waals surface area contributed by atoms with Crippen LogP contribution in [0.3, 0.4) is 0 Å². The van der Waals surface area contributed by atoms with Gasteiger partial charge in [0.05, 0.1) is 28.2 Å². The van der Waals surface area contributed by atoms with Crippen molar-refractivity contribution in [2.75, 3.05) is 7.11 Å². The van der Waals surface area contributed by atoms with Crippen LogP contribution in [0.2, 0.25) is 0 Å². The van der Waals surface area contributed by atoms with E-state index in [2.05, 4.69) is 18.2 Å². The molecule has 0 spiro atoms. The Morgan fingerprint density at radius 2 is 1.43 bits per heavy atom. The van der Waals surface area contributed by atoms with E-state index in [0.717, 1.165) is 37.4 Å². The van der Waals surface area contributed by atoms with Gasteiger partial charge >= 0.3 is 5.97 Å². The maximum Gasteiger partial charge on any atom is 0.337 e. The fourth-order valence-electron chi connectivity index (χ4n) is 5.83. The summed E-state index contributed by atoms with van der Waals surface area (Å²) >= 11 is 1.31. The van der Waals surface area contributed by atoms with Gasteiger partial charge in [-0.15, -0.1) is 11.3 Å². The lowest BCUT2D eigenvalue weighted by atomic mass is 9.97. The van der Waals surface area contributed by atoms with Gasteiger partial charge in [-0.1, -0.05) is 72.8 Å². The normalized spacial score (nSPS) is 14.1. The van der Waals surface area contributed by atoms with Crippen molar-refractivity contribution in [1.29, 1.82) is 0 Å². The number of thiazole rings is 1. The Bertz CT molecular complexity index is 2270. The summed E-state index contributed by atoms with van der Waals surface area (Å²) in [6.07, 6.45) is -0.685. The van der Waals surface area contributed by atoms with E-state index in [-0.39, 0.29) is 0 Å². The van der Waals surface area contributed by atoms with Crippen molar-refractivity contribution in [2.45, 2.75) is 6.10 Å². The summed E-state index contributed by atoms with van der Waals surface area (Å²) in [5.41, 5.74) is 2.49. The zero-order valence-electron chi connectivity index (χ0n) is 23.5. The molecule has 1 aliphatic heterocycles. The van der Waals surface area contributed by atoms with Crippen molar-refractivity contribution < 1.29 is 23.4 Å². The van der Waals surface area contributed by atoms with Crippen LogP contribution in [0.25, 0.3) is 31.8 Å². The number of benzene rings is 6. The summed E-state index contributed by atoms with van der Waals surface area (Å²) in [6, 6.07) is 38.6. The molecule has 1 atom stereocenters. The summed E-state index contributed by atoms with van der Waals surface area (Å²) in [4.78, 5) is 17.2. The third-order valence-corrected chi connectivity index (χ3v) is 11.9. The van der Waals surface area contributed by atoms with Gasteiger partial charge in [-0.05, 0) is 70.1 Å². The minimum Gasteiger partial charge on any atom is -0.465 e. The number of ether oxygens (including phenoxy) is 2. The van der Waals surface area contributed by atoms with Crippen LogP contribution < -0.4 is 14.8 Å². The van der Waals surface area contributed by atoms with E-state index in [1.807, 2.05) is 91.0 Å². The molecule has 8 heteroatoms. The predicted molar refractivity (Wildman–Crippen MR) is 175 cm³/mol. The number of nitrogens with zero attached hydrogens (tertiary/aromatic N) is 1. The summed E-state index contributed by atoms with van der Waals surface area (Å²) < 4.78 is 35.2. The first-order valence-corrected chi connectivity index (χ1v) is 16.5. The molecule has 1 aromatic heterocycles. The number of hydrogen-bond acceptors (Lipinski definition) is 7. The monoisotopic (exact) mass is 613 g/mol. The molecule has 0 radical (unpaired) electrons. The fraction of sp³-hybridized carbons (Fsp3) is 0.0556. The average Bonchev–Trinajstić information content (AvgIpc) is 3.51. The second kappa shape index (κ2) is 10.4. The molecule has 1 aliphatic rings. The number of aromatic nitrogens is 1. The van der Waals surface area contributed by atoms with Crippen LogP contribution in [0, 0.1) is 0 Å². The molecule has 1 unspecified atom stereocenters. The zero-order valence-corrected chi connectivity index (χ0v) is 25.2. The molecule has 0 saturated carbocycles. The molecule has 7 aromatic rings. The number of para-hydroxylation sites is 2. The molecule has 6 nitrogen and oxygen atoms in total. The Labute approximate surface area is 256 Å². The lowest BCUT2D eigenvalue weighted by molar-refractivity contribution is 0.0601. The van der Waals surface area contributed by atoms with E-state index < -0.39 is 19.4 Å². The molecular formula is C36H24NO5PS. The van der Waals surface area contributed by atoms with E-state index in [1.165, 1.54) is 18.4 Å². The molecule has 214 valence electrons. The Hall–Kier alpha value is -4.81. The lowest BCUT2D eigenvalue weighted by Gasteiger charge is -2.31. The van der Waals surface area contributed by atoms with Crippen LogP contribution in [0.1, 0.15) is 27.6 Å². The molecular weight excluding hydrogens is 589 g/mol. The second-order valence-corrected chi connectivity index (χ2v) is 14.1. The molecule has 2 heterocycles. The third kappa shape index (κ3) is 4.32. The number of esters is 1. The van der Waals surface area contributed by atoms with Crippen molar-refractivity contribution in [3.8, 4) is 11.5 Å². The number of carbonyl (C=O) groups excluding carboxylic acids is 1. The van der Waals surface area contributed by atoms with Crippen LogP contribution in [0.15, 0.2) is 121 Å². The number of methoxy groups -OCH3 is 1. The van der Waals surface area contributed by atoms with E-state index in [4.69, 9.17) is 19.0 Å². The van der Waals surface area contributed by atoms with E-state index in [9.17, 15) is 4.79 Å². The summed E-state index contributed by atoms with van der Waals surface area (Å²) in [6.45, 7) is 0. The van der Waals surface area contributed by atoms with Crippen molar-refractivity contribution in [3.63, 3.8) is 0 Å². The van der Waals surface area contributed by atoms with Crippen molar-refractivity contribution in [3.05, 3.63) is 138 Å². The minimum atomic E-state index is -3.91. The standard InChI is InChI=1S/C36H24NO5PS/c1-40-35(38)25-17-18-33-29(21-25)37-36(44-33)43(39,32-16-8-11-24-19-22-9-2-3-10-23(22)20-28(24)32)42-34-26-12-4-6-14-30(26)41-31-15-7-5-13-27(31)34/h2-21,34H,1H3.